The number of ether oxygens (including phenoxy) is 1. The zero-order valence-corrected chi connectivity index (χ0v) is 12.2. The third-order valence-corrected chi connectivity index (χ3v) is 3.10. The number of nitrogens with two attached hydrogens (primary N) is 1. The van der Waals surface area contributed by atoms with E-state index in [4.69, 9.17) is 15.0 Å². The van der Waals surface area contributed by atoms with Crippen LogP contribution in [0.25, 0.3) is 0 Å². The van der Waals surface area contributed by atoms with Crippen molar-refractivity contribution in [1.29, 1.82) is 0 Å². The molecule has 108 valence electrons. The van der Waals surface area contributed by atoms with Crippen molar-refractivity contribution in [2.45, 2.75) is 38.8 Å². The first-order chi connectivity index (χ1) is 9.53. The number of rotatable bonds is 6. The lowest BCUT2D eigenvalue weighted by molar-refractivity contribution is -0.0221. The van der Waals surface area contributed by atoms with E-state index in [1.54, 1.807) is 0 Å². The summed E-state index contributed by atoms with van der Waals surface area (Å²) in [5.74, 6) is 0.967. The third-order valence-electron chi connectivity index (χ3n) is 3.10. The van der Waals surface area contributed by atoms with Crippen LogP contribution in [0.3, 0.4) is 0 Å². The van der Waals surface area contributed by atoms with Crippen LogP contribution in [-0.4, -0.2) is 16.7 Å². The molecule has 20 heavy (non-hydrogen) atoms. The minimum absolute atomic E-state index is 0.309. The largest absolute Gasteiger partial charge is 0.368 e. The molecule has 2 rings (SSSR count). The Labute approximate surface area is 119 Å². The van der Waals surface area contributed by atoms with Crippen molar-refractivity contribution in [2.75, 3.05) is 6.61 Å². The van der Waals surface area contributed by atoms with Crippen LogP contribution in [0.5, 0.6) is 0 Å². The minimum Gasteiger partial charge on any atom is -0.368 e. The van der Waals surface area contributed by atoms with Crippen molar-refractivity contribution in [2.24, 2.45) is 5.73 Å². The smallest absolute Gasteiger partial charge is 0.244 e. The molecule has 0 fully saturated rings. The molecule has 0 aliphatic rings. The number of hydrogen-bond donors (Lipinski definition) is 1. The highest BCUT2D eigenvalue weighted by Gasteiger charge is 2.28. The van der Waals surface area contributed by atoms with Gasteiger partial charge >= 0.3 is 0 Å². The number of benzene rings is 1. The molecule has 1 aromatic carbocycles. The number of hydrogen-bond acceptors (Lipinski definition) is 5. The van der Waals surface area contributed by atoms with Crippen LogP contribution in [-0.2, 0) is 16.8 Å². The highest BCUT2D eigenvalue weighted by molar-refractivity contribution is 5.17. The van der Waals surface area contributed by atoms with Gasteiger partial charge in [0.1, 0.15) is 5.60 Å². The van der Waals surface area contributed by atoms with Crippen molar-refractivity contribution in [1.82, 2.24) is 10.1 Å². The van der Waals surface area contributed by atoms with Gasteiger partial charge in [-0.25, -0.2) is 0 Å². The predicted molar refractivity (Wildman–Crippen MR) is 76.0 cm³/mol. The number of nitrogens with zero attached hydrogens (tertiary/aromatic N) is 2. The van der Waals surface area contributed by atoms with E-state index in [0.717, 1.165) is 5.56 Å². The molecule has 0 saturated heterocycles. The van der Waals surface area contributed by atoms with Crippen LogP contribution in [0.2, 0.25) is 0 Å². The average Bonchev–Trinajstić information content (AvgIpc) is 2.90. The lowest BCUT2D eigenvalue weighted by Gasteiger charge is -2.19. The quantitative estimate of drug-likeness (QED) is 0.877. The minimum atomic E-state index is -0.567. The zero-order chi connectivity index (χ0) is 14.6. The lowest BCUT2D eigenvalue weighted by atomic mass is 10.1. The summed E-state index contributed by atoms with van der Waals surface area (Å²) in [4.78, 5) is 4.37. The molecule has 0 radical (unpaired) electrons. The summed E-state index contributed by atoms with van der Waals surface area (Å²) in [7, 11) is 0. The van der Waals surface area contributed by atoms with Gasteiger partial charge in [0.2, 0.25) is 11.7 Å². The SMILES string of the molecule is CCOC(C)(C)c1noc([C@@H](N)Cc2ccccc2)n1. The standard InChI is InChI=1S/C15H21N3O2/c1-4-19-15(2,3)14-17-13(20-18-14)12(16)10-11-8-6-5-7-9-11/h5-9,12H,4,10,16H2,1-3H3/t12-/m0/s1. The molecule has 0 unspecified atom stereocenters. The first-order valence-corrected chi connectivity index (χ1v) is 6.80. The molecule has 2 N–H and O–H groups in total. The van der Waals surface area contributed by atoms with E-state index in [1.165, 1.54) is 0 Å². The molecular formula is C15H21N3O2. The molecule has 5 nitrogen and oxygen atoms in total. The van der Waals surface area contributed by atoms with E-state index in [9.17, 15) is 0 Å². The van der Waals surface area contributed by atoms with Crippen LogP contribution in [0.15, 0.2) is 34.9 Å². The highest BCUT2D eigenvalue weighted by atomic mass is 16.5. The fourth-order valence-corrected chi connectivity index (χ4v) is 2.01. The van der Waals surface area contributed by atoms with Gasteiger partial charge in [0.05, 0.1) is 6.04 Å². The summed E-state index contributed by atoms with van der Waals surface area (Å²) in [6, 6.07) is 9.70. The van der Waals surface area contributed by atoms with Crippen LogP contribution < -0.4 is 5.73 Å². The Kier molecular flexibility index (Phi) is 4.52. The molecule has 1 heterocycles. The average molecular weight is 275 g/mol. The van der Waals surface area contributed by atoms with Gasteiger partial charge in [0, 0.05) is 6.61 Å². The van der Waals surface area contributed by atoms with Crippen LogP contribution in [0.4, 0.5) is 0 Å². The van der Waals surface area contributed by atoms with Gasteiger partial charge < -0.3 is 15.0 Å². The normalized spacial score (nSPS) is 13.4. The maximum atomic E-state index is 6.12. The molecule has 5 heteroatoms. The summed E-state index contributed by atoms with van der Waals surface area (Å²) in [6.07, 6.45) is 0.664. The molecule has 0 aliphatic carbocycles. The summed E-state index contributed by atoms with van der Waals surface area (Å²) in [6.45, 7) is 6.35. The Morgan fingerprint density at radius 2 is 2.00 bits per heavy atom. The second-order valence-corrected chi connectivity index (χ2v) is 5.20. The molecule has 0 spiro atoms. The third kappa shape index (κ3) is 3.43. The van der Waals surface area contributed by atoms with Crippen molar-refractivity contribution in [3.8, 4) is 0 Å². The Hall–Kier alpha value is -1.72. The summed E-state index contributed by atoms with van der Waals surface area (Å²) in [5, 5.41) is 3.98. The first-order valence-electron chi connectivity index (χ1n) is 6.80. The zero-order valence-electron chi connectivity index (χ0n) is 12.2. The molecular weight excluding hydrogens is 254 g/mol. The van der Waals surface area contributed by atoms with Gasteiger partial charge in [-0.2, -0.15) is 4.98 Å². The second-order valence-electron chi connectivity index (χ2n) is 5.20. The highest BCUT2D eigenvalue weighted by Crippen LogP contribution is 2.23. The van der Waals surface area contributed by atoms with Gasteiger partial charge in [-0.1, -0.05) is 35.5 Å². The maximum absolute atomic E-state index is 6.12. The Balaban J connectivity index is 2.08. The molecule has 0 saturated carbocycles. The molecule has 0 amide bonds. The molecule has 0 bridgehead atoms. The van der Waals surface area contributed by atoms with E-state index in [1.807, 2.05) is 51.1 Å². The van der Waals surface area contributed by atoms with Crippen molar-refractivity contribution in [3.05, 3.63) is 47.6 Å². The summed E-state index contributed by atoms with van der Waals surface area (Å²) < 4.78 is 10.9. The fourth-order valence-electron chi connectivity index (χ4n) is 2.01. The summed E-state index contributed by atoms with van der Waals surface area (Å²) >= 11 is 0. The van der Waals surface area contributed by atoms with Gasteiger partial charge in [0.15, 0.2) is 0 Å². The first kappa shape index (κ1) is 14.7. The van der Waals surface area contributed by atoms with E-state index < -0.39 is 5.60 Å². The lowest BCUT2D eigenvalue weighted by Crippen LogP contribution is -2.23. The second kappa shape index (κ2) is 6.15. The van der Waals surface area contributed by atoms with E-state index in [-0.39, 0.29) is 6.04 Å². The predicted octanol–water partition coefficient (Wildman–Crippen LogP) is 2.58. The van der Waals surface area contributed by atoms with E-state index in [0.29, 0.717) is 24.7 Å². The molecule has 1 aromatic heterocycles. The van der Waals surface area contributed by atoms with Crippen LogP contribution >= 0.6 is 0 Å². The maximum Gasteiger partial charge on any atom is 0.244 e. The van der Waals surface area contributed by atoms with Crippen LogP contribution in [0, 0.1) is 0 Å². The van der Waals surface area contributed by atoms with Gasteiger partial charge in [-0.15, -0.1) is 0 Å². The number of aromatic nitrogens is 2. The van der Waals surface area contributed by atoms with Crippen molar-refractivity contribution >= 4 is 0 Å². The van der Waals surface area contributed by atoms with Crippen molar-refractivity contribution < 1.29 is 9.26 Å². The van der Waals surface area contributed by atoms with E-state index in [2.05, 4.69) is 10.1 Å². The van der Waals surface area contributed by atoms with Crippen molar-refractivity contribution in [3.63, 3.8) is 0 Å². The van der Waals surface area contributed by atoms with Crippen LogP contribution in [0.1, 0.15) is 44.1 Å². The molecule has 2 aromatic rings. The Morgan fingerprint density at radius 3 is 2.65 bits per heavy atom. The Bertz CT molecular complexity index is 537. The van der Waals surface area contributed by atoms with Gasteiger partial charge in [-0.05, 0) is 32.8 Å². The van der Waals surface area contributed by atoms with Gasteiger partial charge in [0.25, 0.3) is 0 Å². The van der Waals surface area contributed by atoms with Gasteiger partial charge in [-0.3, -0.25) is 0 Å². The summed E-state index contributed by atoms with van der Waals surface area (Å²) in [5.41, 5.74) is 6.70. The van der Waals surface area contributed by atoms with E-state index >= 15 is 0 Å². The fraction of sp³-hybridized carbons (Fsp3) is 0.467. The topological polar surface area (TPSA) is 74.2 Å². The monoisotopic (exact) mass is 275 g/mol. The Morgan fingerprint density at radius 1 is 1.30 bits per heavy atom. The molecule has 0 aliphatic heterocycles. The molecule has 1 atom stereocenters.